The number of benzene rings is 1. The monoisotopic (exact) mass is 322 g/mol. The SMILES string of the molecule is CCCCCCCCC(C)P(=O)(CCCC)c1ccccc1. The Morgan fingerprint density at radius 1 is 0.864 bits per heavy atom. The van der Waals surface area contributed by atoms with E-state index in [0.29, 0.717) is 5.66 Å². The lowest BCUT2D eigenvalue weighted by molar-refractivity contribution is 0.551. The molecular weight excluding hydrogens is 287 g/mol. The largest absolute Gasteiger partial charge is 0.318 e. The molecule has 1 aromatic rings. The Morgan fingerprint density at radius 3 is 2.09 bits per heavy atom. The summed E-state index contributed by atoms with van der Waals surface area (Å²) in [5.74, 6) is 0. The van der Waals surface area contributed by atoms with E-state index in [9.17, 15) is 4.57 Å². The van der Waals surface area contributed by atoms with E-state index in [0.717, 1.165) is 30.7 Å². The van der Waals surface area contributed by atoms with Gasteiger partial charge in [-0.25, -0.2) is 0 Å². The van der Waals surface area contributed by atoms with Gasteiger partial charge in [-0.2, -0.15) is 0 Å². The van der Waals surface area contributed by atoms with Gasteiger partial charge in [0, 0.05) is 17.1 Å². The second-order valence-corrected chi connectivity index (χ2v) is 10.1. The highest BCUT2D eigenvalue weighted by Crippen LogP contribution is 2.52. The number of hydrogen-bond donors (Lipinski definition) is 0. The van der Waals surface area contributed by atoms with Crippen LogP contribution in [0.2, 0.25) is 0 Å². The van der Waals surface area contributed by atoms with Crippen molar-refractivity contribution < 1.29 is 4.57 Å². The van der Waals surface area contributed by atoms with Crippen LogP contribution in [-0.2, 0) is 4.57 Å². The molecule has 2 unspecified atom stereocenters. The zero-order chi connectivity index (χ0) is 16.3. The molecule has 0 aromatic heterocycles. The molecule has 2 atom stereocenters. The van der Waals surface area contributed by atoms with E-state index in [2.05, 4.69) is 32.9 Å². The van der Waals surface area contributed by atoms with Crippen molar-refractivity contribution in [2.75, 3.05) is 6.16 Å². The molecule has 22 heavy (non-hydrogen) atoms. The maximum Gasteiger partial charge on any atom is 0.118 e. The first-order valence-corrected chi connectivity index (χ1v) is 11.3. The van der Waals surface area contributed by atoms with Gasteiger partial charge >= 0.3 is 0 Å². The lowest BCUT2D eigenvalue weighted by atomic mass is 10.1. The molecule has 0 bridgehead atoms. The summed E-state index contributed by atoms with van der Waals surface area (Å²) in [6.45, 7) is 6.66. The van der Waals surface area contributed by atoms with E-state index >= 15 is 0 Å². The average molecular weight is 322 g/mol. The molecule has 0 aliphatic heterocycles. The zero-order valence-electron chi connectivity index (χ0n) is 14.9. The predicted molar refractivity (Wildman–Crippen MR) is 101 cm³/mol. The first-order valence-electron chi connectivity index (χ1n) is 9.29. The molecule has 0 aliphatic carbocycles. The summed E-state index contributed by atoms with van der Waals surface area (Å²) >= 11 is 0. The molecular formula is C20H35OP. The van der Waals surface area contributed by atoms with Crippen molar-refractivity contribution in [3.8, 4) is 0 Å². The fourth-order valence-electron chi connectivity index (χ4n) is 3.11. The number of hydrogen-bond acceptors (Lipinski definition) is 1. The lowest BCUT2D eigenvalue weighted by Gasteiger charge is -2.25. The Hall–Kier alpha value is -0.550. The van der Waals surface area contributed by atoms with Crippen LogP contribution in [0, 0.1) is 0 Å². The van der Waals surface area contributed by atoms with E-state index in [-0.39, 0.29) is 0 Å². The highest BCUT2D eigenvalue weighted by atomic mass is 31.2. The molecule has 1 rings (SSSR count). The summed E-state index contributed by atoms with van der Waals surface area (Å²) in [6.07, 6.45) is 12.1. The fraction of sp³-hybridized carbons (Fsp3) is 0.700. The molecule has 0 saturated carbocycles. The fourth-order valence-corrected chi connectivity index (χ4v) is 6.38. The first-order chi connectivity index (χ1) is 10.6. The molecule has 1 aromatic carbocycles. The van der Waals surface area contributed by atoms with E-state index in [1.807, 2.05) is 18.2 Å². The summed E-state index contributed by atoms with van der Waals surface area (Å²) in [5, 5.41) is 1.10. The standard InChI is InChI=1S/C20H35OP/c1-4-6-8-9-10-12-15-19(3)22(21,18-7-5-2)20-16-13-11-14-17-20/h11,13-14,16-17,19H,4-10,12,15,18H2,1-3H3. The van der Waals surface area contributed by atoms with Gasteiger partial charge < -0.3 is 4.57 Å². The van der Waals surface area contributed by atoms with Crippen LogP contribution in [0.4, 0.5) is 0 Å². The second kappa shape index (κ2) is 11.1. The predicted octanol–water partition coefficient (Wildman–Crippen LogP) is 6.61. The summed E-state index contributed by atoms with van der Waals surface area (Å²) < 4.78 is 13.6. The smallest absolute Gasteiger partial charge is 0.118 e. The van der Waals surface area contributed by atoms with Crippen molar-refractivity contribution in [3.63, 3.8) is 0 Å². The zero-order valence-corrected chi connectivity index (χ0v) is 15.8. The molecule has 0 amide bonds. The van der Waals surface area contributed by atoms with Gasteiger partial charge in [0.05, 0.1) is 0 Å². The molecule has 0 aliphatic rings. The minimum atomic E-state index is -2.24. The van der Waals surface area contributed by atoms with Crippen LogP contribution in [-0.4, -0.2) is 11.8 Å². The van der Waals surface area contributed by atoms with E-state index in [1.54, 1.807) is 0 Å². The summed E-state index contributed by atoms with van der Waals surface area (Å²) in [5.41, 5.74) is 0.327. The van der Waals surface area contributed by atoms with Crippen LogP contribution >= 0.6 is 7.14 Å². The van der Waals surface area contributed by atoms with Gasteiger partial charge in [0.2, 0.25) is 0 Å². The molecule has 0 radical (unpaired) electrons. The Labute approximate surface area is 138 Å². The Balaban J connectivity index is 2.58. The van der Waals surface area contributed by atoms with E-state index in [4.69, 9.17) is 0 Å². The Kier molecular flexibility index (Phi) is 9.80. The maximum absolute atomic E-state index is 13.6. The quantitative estimate of drug-likeness (QED) is 0.312. The third-order valence-corrected chi connectivity index (χ3v) is 8.56. The van der Waals surface area contributed by atoms with Crippen molar-refractivity contribution >= 4 is 12.4 Å². The molecule has 2 heteroatoms. The first kappa shape index (κ1) is 19.5. The molecule has 0 spiro atoms. The highest BCUT2D eigenvalue weighted by molar-refractivity contribution is 7.72. The van der Waals surface area contributed by atoms with Crippen LogP contribution in [0.5, 0.6) is 0 Å². The average Bonchev–Trinajstić information content (AvgIpc) is 2.56. The number of unbranched alkanes of at least 4 members (excludes halogenated alkanes) is 6. The Bertz CT molecular complexity index is 427. The van der Waals surface area contributed by atoms with Gasteiger partial charge in [-0.3, -0.25) is 0 Å². The summed E-state index contributed by atoms with van der Waals surface area (Å²) in [6, 6.07) is 10.2. The van der Waals surface area contributed by atoms with Crippen molar-refractivity contribution in [1.29, 1.82) is 0 Å². The number of rotatable bonds is 12. The minimum absolute atomic E-state index is 0.327. The van der Waals surface area contributed by atoms with Gasteiger partial charge in [-0.15, -0.1) is 0 Å². The van der Waals surface area contributed by atoms with Crippen molar-refractivity contribution in [3.05, 3.63) is 30.3 Å². The molecule has 0 saturated heterocycles. The molecule has 1 nitrogen and oxygen atoms in total. The van der Waals surface area contributed by atoms with Crippen LogP contribution in [0.25, 0.3) is 0 Å². The van der Waals surface area contributed by atoms with Gasteiger partial charge in [0.15, 0.2) is 0 Å². The molecule has 126 valence electrons. The third-order valence-electron chi connectivity index (χ3n) is 4.72. The second-order valence-electron chi connectivity index (χ2n) is 6.61. The maximum atomic E-state index is 13.6. The lowest BCUT2D eigenvalue weighted by Crippen LogP contribution is -2.17. The van der Waals surface area contributed by atoms with Gasteiger partial charge in [0.1, 0.15) is 7.14 Å². The van der Waals surface area contributed by atoms with Crippen molar-refractivity contribution in [2.45, 2.75) is 84.2 Å². The normalized spacial score (nSPS) is 15.4. The van der Waals surface area contributed by atoms with Crippen molar-refractivity contribution in [2.24, 2.45) is 0 Å². The third kappa shape index (κ3) is 6.29. The van der Waals surface area contributed by atoms with E-state index < -0.39 is 7.14 Å². The highest BCUT2D eigenvalue weighted by Gasteiger charge is 2.30. The van der Waals surface area contributed by atoms with Crippen molar-refractivity contribution in [1.82, 2.24) is 0 Å². The molecule has 0 fully saturated rings. The topological polar surface area (TPSA) is 17.1 Å². The van der Waals surface area contributed by atoms with Crippen LogP contribution < -0.4 is 5.30 Å². The summed E-state index contributed by atoms with van der Waals surface area (Å²) in [7, 11) is -2.24. The van der Waals surface area contributed by atoms with E-state index in [1.165, 1.54) is 38.5 Å². The Morgan fingerprint density at radius 2 is 1.45 bits per heavy atom. The van der Waals surface area contributed by atoms with Gasteiger partial charge in [0.25, 0.3) is 0 Å². The van der Waals surface area contributed by atoms with Gasteiger partial charge in [-0.05, 0) is 12.8 Å². The van der Waals surface area contributed by atoms with Crippen LogP contribution in [0.15, 0.2) is 30.3 Å². The molecule has 0 heterocycles. The minimum Gasteiger partial charge on any atom is -0.318 e. The summed E-state index contributed by atoms with van der Waals surface area (Å²) in [4.78, 5) is 0. The van der Waals surface area contributed by atoms with Crippen LogP contribution in [0.1, 0.15) is 78.6 Å². The van der Waals surface area contributed by atoms with Gasteiger partial charge in [-0.1, -0.05) is 96.0 Å². The molecule has 0 N–H and O–H groups in total. The van der Waals surface area contributed by atoms with Crippen LogP contribution in [0.3, 0.4) is 0 Å².